The van der Waals surface area contributed by atoms with Gasteiger partial charge in [0.15, 0.2) is 0 Å². The summed E-state index contributed by atoms with van der Waals surface area (Å²) in [6.45, 7) is 7.13. The van der Waals surface area contributed by atoms with Crippen molar-refractivity contribution in [3.8, 4) is 0 Å². The van der Waals surface area contributed by atoms with E-state index in [-0.39, 0.29) is 18.2 Å². The number of carboxylic acids is 1. The van der Waals surface area contributed by atoms with Crippen LogP contribution >= 0.6 is 0 Å². The SMILES string of the molecule is CC(=O)NC(CC(=O)N[C@@H](CC(C)C)C(=O)O)c1ccc(C)cc1. The summed E-state index contributed by atoms with van der Waals surface area (Å²) in [5.41, 5.74) is 1.88. The molecule has 0 aliphatic carbocycles. The van der Waals surface area contributed by atoms with E-state index in [4.69, 9.17) is 0 Å². The van der Waals surface area contributed by atoms with E-state index in [1.54, 1.807) is 0 Å². The van der Waals surface area contributed by atoms with Crippen LogP contribution in [-0.2, 0) is 14.4 Å². The Hall–Kier alpha value is -2.37. The van der Waals surface area contributed by atoms with Gasteiger partial charge >= 0.3 is 5.97 Å². The first kappa shape index (κ1) is 19.7. The second kappa shape index (κ2) is 9.05. The minimum Gasteiger partial charge on any atom is -0.480 e. The van der Waals surface area contributed by atoms with Crippen LogP contribution in [0.15, 0.2) is 24.3 Å². The molecule has 0 aliphatic heterocycles. The lowest BCUT2D eigenvalue weighted by Gasteiger charge is -2.21. The molecule has 0 aromatic heterocycles. The number of carbonyl (C=O) groups is 3. The van der Waals surface area contributed by atoms with Gasteiger partial charge in [-0.05, 0) is 24.8 Å². The summed E-state index contributed by atoms with van der Waals surface area (Å²) >= 11 is 0. The number of benzene rings is 1. The topological polar surface area (TPSA) is 95.5 Å². The van der Waals surface area contributed by atoms with Gasteiger partial charge in [-0.1, -0.05) is 43.7 Å². The van der Waals surface area contributed by atoms with Crippen LogP contribution in [0.3, 0.4) is 0 Å². The number of aryl methyl sites for hydroxylation is 1. The Kier molecular flexibility index (Phi) is 7.42. The van der Waals surface area contributed by atoms with Gasteiger partial charge in [0.2, 0.25) is 11.8 Å². The molecule has 2 atom stereocenters. The molecule has 0 fully saturated rings. The van der Waals surface area contributed by atoms with Crippen LogP contribution in [0.5, 0.6) is 0 Å². The van der Waals surface area contributed by atoms with Crippen molar-refractivity contribution in [2.45, 2.75) is 52.6 Å². The van der Waals surface area contributed by atoms with Gasteiger partial charge in [-0.15, -0.1) is 0 Å². The number of amides is 2. The smallest absolute Gasteiger partial charge is 0.326 e. The zero-order valence-corrected chi connectivity index (χ0v) is 14.6. The minimum atomic E-state index is -1.05. The fraction of sp³-hybridized carbons (Fsp3) is 0.500. The lowest BCUT2D eigenvalue weighted by atomic mass is 10.0. The molecule has 1 aromatic rings. The molecule has 2 amide bonds. The second-order valence-corrected chi connectivity index (χ2v) is 6.46. The molecule has 132 valence electrons. The van der Waals surface area contributed by atoms with Gasteiger partial charge in [-0.2, -0.15) is 0 Å². The number of rotatable bonds is 8. The van der Waals surface area contributed by atoms with Crippen LogP contribution in [-0.4, -0.2) is 28.9 Å². The molecule has 1 aromatic carbocycles. The van der Waals surface area contributed by atoms with Crippen molar-refractivity contribution in [2.75, 3.05) is 0 Å². The highest BCUT2D eigenvalue weighted by Gasteiger charge is 2.23. The summed E-state index contributed by atoms with van der Waals surface area (Å²) in [5, 5.41) is 14.5. The molecular formula is C18H26N2O4. The third kappa shape index (κ3) is 6.81. The highest BCUT2D eigenvalue weighted by Crippen LogP contribution is 2.18. The lowest BCUT2D eigenvalue weighted by Crippen LogP contribution is -2.43. The molecule has 6 nitrogen and oxygen atoms in total. The van der Waals surface area contributed by atoms with Crippen molar-refractivity contribution in [3.05, 3.63) is 35.4 Å². The van der Waals surface area contributed by atoms with Crippen LogP contribution in [0.2, 0.25) is 0 Å². The minimum absolute atomic E-state index is 0.00941. The maximum atomic E-state index is 12.2. The van der Waals surface area contributed by atoms with Crippen LogP contribution < -0.4 is 10.6 Å². The van der Waals surface area contributed by atoms with Gasteiger partial charge in [0.05, 0.1) is 12.5 Å². The zero-order valence-electron chi connectivity index (χ0n) is 14.6. The van der Waals surface area contributed by atoms with Crippen LogP contribution in [0, 0.1) is 12.8 Å². The summed E-state index contributed by atoms with van der Waals surface area (Å²) in [4.78, 5) is 34.9. The number of carbonyl (C=O) groups excluding carboxylic acids is 2. The van der Waals surface area contributed by atoms with Gasteiger partial charge in [0.25, 0.3) is 0 Å². The number of aliphatic carboxylic acids is 1. The number of hydrogen-bond acceptors (Lipinski definition) is 3. The fourth-order valence-electron chi connectivity index (χ4n) is 2.43. The lowest BCUT2D eigenvalue weighted by molar-refractivity contribution is -0.142. The monoisotopic (exact) mass is 334 g/mol. The molecule has 1 unspecified atom stereocenters. The molecule has 0 radical (unpaired) electrons. The van der Waals surface area contributed by atoms with Crippen molar-refractivity contribution < 1.29 is 19.5 Å². The Balaban J connectivity index is 2.81. The Bertz CT molecular complexity index is 581. The first-order valence-electron chi connectivity index (χ1n) is 8.05. The summed E-state index contributed by atoms with van der Waals surface area (Å²) in [6.07, 6.45) is 0.348. The van der Waals surface area contributed by atoms with E-state index in [0.717, 1.165) is 11.1 Å². The van der Waals surface area contributed by atoms with E-state index >= 15 is 0 Å². The third-order valence-electron chi connectivity index (χ3n) is 3.59. The first-order valence-corrected chi connectivity index (χ1v) is 8.05. The van der Waals surface area contributed by atoms with Gasteiger partial charge < -0.3 is 15.7 Å². The van der Waals surface area contributed by atoms with Crippen LogP contribution in [0.1, 0.15) is 50.8 Å². The standard InChI is InChI=1S/C18H26N2O4/c1-11(2)9-16(18(23)24)20-17(22)10-15(19-13(4)21)14-7-5-12(3)6-8-14/h5-8,11,15-16H,9-10H2,1-4H3,(H,19,21)(H,20,22)(H,23,24)/t15?,16-/m0/s1. The maximum absolute atomic E-state index is 12.2. The molecule has 1 rings (SSSR count). The largest absolute Gasteiger partial charge is 0.480 e. The van der Waals surface area contributed by atoms with Crippen molar-refractivity contribution in [1.82, 2.24) is 10.6 Å². The van der Waals surface area contributed by atoms with Crippen molar-refractivity contribution in [1.29, 1.82) is 0 Å². The van der Waals surface area contributed by atoms with Gasteiger partial charge in [0, 0.05) is 6.92 Å². The van der Waals surface area contributed by atoms with Gasteiger partial charge in [-0.3, -0.25) is 9.59 Å². The Morgan fingerprint density at radius 1 is 1.08 bits per heavy atom. The summed E-state index contributed by atoms with van der Waals surface area (Å²) in [6, 6.07) is 6.10. The molecular weight excluding hydrogens is 308 g/mol. The molecule has 0 bridgehead atoms. The third-order valence-corrected chi connectivity index (χ3v) is 3.59. The zero-order chi connectivity index (χ0) is 18.3. The average Bonchev–Trinajstić information content (AvgIpc) is 2.45. The summed E-state index contributed by atoms with van der Waals surface area (Å²) < 4.78 is 0. The molecule has 0 aliphatic rings. The maximum Gasteiger partial charge on any atom is 0.326 e. The number of hydrogen-bond donors (Lipinski definition) is 3. The van der Waals surface area contributed by atoms with Crippen molar-refractivity contribution >= 4 is 17.8 Å². The van der Waals surface area contributed by atoms with Gasteiger partial charge in [0.1, 0.15) is 6.04 Å². The quantitative estimate of drug-likeness (QED) is 0.679. The molecule has 0 heterocycles. The van der Waals surface area contributed by atoms with E-state index in [0.29, 0.717) is 6.42 Å². The highest BCUT2D eigenvalue weighted by atomic mass is 16.4. The molecule has 3 N–H and O–H groups in total. The Labute approximate surface area is 142 Å². The number of nitrogens with one attached hydrogen (secondary N) is 2. The average molecular weight is 334 g/mol. The van der Waals surface area contributed by atoms with E-state index in [1.807, 2.05) is 45.0 Å². The van der Waals surface area contributed by atoms with E-state index in [9.17, 15) is 19.5 Å². The molecule has 0 spiro atoms. The van der Waals surface area contributed by atoms with Crippen molar-refractivity contribution in [2.24, 2.45) is 5.92 Å². The summed E-state index contributed by atoms with van der Waals surface area (Å²) in [7, 11) is 0. The fourth-order valence-corrected chi connectivity index (χ4v) is 2.43. The molecule has 0 saturated heterocycles. The predicted octanol–water partition coefficient (Wildman–Crippen LogP) is 2.18. The molecule has 6 heteroatoms. The summed E-state index contributed by atoms with van der Waals surface area (Å²) in [5.74, 6) is -1.55. The molecule has 24 heavy (non-hydrogen) atoms. The van der Waals surface area contributed by atoms with E-state index in [1.165, 1.54) is 6.92 Å². The normalized spacial score (nSPS) is 13.2. The highest BCUT2D eigenvalue weighted by molar-refractivity contribution is 5.84. The van der Waals surface area contributed by atoms with Crippen LogP contribution in [0.25, 0.3) is 0 Å². The van der Waals surface area contributed by atoms with E-state index in [2.05, 4.69) is 10.6 Å². The first-order chi connectivity index (χ1) is 11.2. The Morgan fingerprint density at radius 2 is 1.67 bits per heavy atom. The van der Waals surface area contributed by atoms with E-state index < -0.39 is 24.0 Å². The van der Waals surface area contributed by atoms with Crippen molar-refractivity contribution in [3.63, 3.8) is 0 Å². The molecule has 0 saturated carbocycles. The predicted molar refractivity (Wildman–Crippen MR) is 91.4 cm³/mol. The number of carboxylic acid groups (broad SMARTS) is 1. The Morgan fingerprint density at radius 3 is 2.12 bits per heavy atom. The van der Waals surface area contributed by atoms with Gasteiger partial charge in [-0.25, -0.2) is 4.79 Å². The second-order valence-electron chi connectivity index (χ2n) is 6.46. The van der Waals surface area contributed by atoms with Crippen LogP contribution in [0.4, 0.5) is 0 Å².